The number of likely N-dealkylation sites (N-methyl/N-ethyl adjacent to an activating group) is 1. The van der Waals surface area contributed by atoms with Crippen LogP contribution in [0.1, 0.15) is 66.7 Å². The maximum absolute atomic E-state index is 5.72. The fraction of sp³-hybridized carbons (Fsp3) is 1.00. The van der Waals surface area contributed by atoms with Crippen LogP contribution in [0.5, 0.6) is 0 Å². The minimum absolute atomic E-state index is 0.201. The van der Waals surface area contributed by atoms with E-state index in [4.69, 9.17) is 4.74 Å². The number of rotatable bonds is 9. The molecule has 2 heteroatoms. The Bertz CT molecular complexity index is 174. The average Bonchev–Trinajstić information content (AvgIpc) is 2.23. The lowest BCUT2D eigenvalue weighted by atomic mass is 9.82. The first-order valence-corrected chi connectivity index (χ1v) is 7.23. The Morgan fingerprint density at radius 2 is 1.71 bits per heavy atom. The normalized spacial score (nSPS) is 15.9. The molecule has 0 aliphatic carbocycles. The molecule has 0 aromatic carbocycles. The van der Waals surface area contributed by atoms with Crippen molar-refractivity contribution < 1.29 is 4.74 Å². The summed E-state index contributed by atoms with van der Waals surface area (Å²) in [6.07, 6.45) is 6.83. The van der Waals surface area contributed by atoms with E-state index in [0.717, 1.165) is 6.54 Å². The molecular formula is C15H33NO. The summed E-state index contributed by atoms with van der Waals surface area (Å²) < 4.78 is 5.72. The molecule has 0 spiro atoms. The Morgan fingerprint density at radius 3 is 2.12 bits per heavy atom. The minimum Gasteiger partial charge on any atom is -0.379 e. The molecule has 2 atom stereocenters. The van der Waals surface area contributed by atoms with E-state index in [0.29, 0.717) is 12.1 Å². The molecule has 0 amide bonds. The van der Waals surface area contributed by atoms with Crippen molar-refractivity contribution in [2.45, 2.75) is 78.9 Å². The van der Waals surface area contributed by atoms with Gasteiger partial charge in [-0.2, -0.15) is 0 Å². The number of hydrogen-bond donors (Lipinski definition) is 1. The Labute approximate surface area is 109 Å². The maximum Gasteiger partial charge on any atom is 0.0772 e. The van der Waals surface area contributed by atoms with Crippen LogP contribution in [-0.2, 0) is 4.74 Å². The zero-order valence-electron chi connectivity index (χ0n) is 12.8. The molecule has 0 aromatic rings. The summed E-state index contributed by atoms with van der Waals surface area (Å²) in [4.78, 5) is 0. The van der Waals surface area contributed by atoms with Gasteiger partial charge in [-0.1, -0.05) is 60.3 Å². The second-order valence-electron chi connectivity index (χ2n) is 6.04. The van der Waals surface area contributed by atoms with Crippen molar-refractivity contribution in [3.8, 4) is 0 Å². The number of methoxy groups -OCH3 is 1. The first-order valence-electron chi connectivity index (χ1n) is 7.23. The molecule has 1 N–H and O–H groups in total. The van der Waals surface area contributed by atoms with E-state index >= 15 is 0 Å². The van der Waals surface area contributed by atoms with Gasteiger partial charge in [0.2, 0.25) is 0 Å². The Morgan fingerprint density at radius 1 is 1.06 bits per heavy atom. The monoisotopic (exact) mass is 243 g/mol. The molecule has 0 bridgehead atoms. The predicted molar refractivity (Wildman–Crippen MR) is 76.5 cm³/mol. The minimum atomic E-state index is 0.201. The van der Waals surface area contributed by atoms with E-state index in [1.54, 1.807) is 0 Å². The third kappa shape index (κ3) is 7.05. The van der Waals surface area contributed by atoms with Crippen LogP contribution in [0, 0.1) is 5.41 Å². The van der Waals surface area contributed by atoms with Gasteiger partial charge in [0.1, 0.15) is 0 Å². The van der Waals surface area contributed by atoms with Crippen LogP contribution < -0.4 is 5.32 Å². The molecule has 0 fully saturated rings. The Hall–Kier alpha value is -0.0800. The van der Waals surface area contributed by atoms with Crippen LogP contribution in [0.3, 0.4) is 0 Å². The quantitative estimate of drug-likeness (QED) is 0.618. The van der Waals surface area contributed by atoms with E-state index in [-0.39, 0.29) is 5.41 Å². The summed E-state index contributed by atoms with van der Waals surface area (Å²) in [5.41, 5.74) is 0.201. The molecule has 0 saturated carbocycles. The van der Waals surface area contributed by atoms with Gasteiger partial charge in [-0.3, -0.25) is 0 Å². The molecule has 0 aliphatic rings. The van der Waals surface area contributed by atoms with Crippen LogP contribution >= 0.6 is 0 Å². The van der Waals surface area contributed by atoms with Gasteiger partial charge in [0.25, 0.3) is 0 Å². The van der Waals surface area contributed by atoms with Crippen molar-refractivity contribution in [3.63, 3.8) is 0 Å². The molecule has 0 radical (unpaired) electrons. The van der Waals surface area contributed by atoms with Crippen LogP contribution in [0.25, 0.3) is 0 Å². The molecule has 0 aromatic heterocycles. The largest absolute Gasteiger partial charge is 0.379 e. The van der Waals surface area contributed by atoms with E-state index in [1.165, 1.54) is 32.1 Å². The third-order valence-electron chi connectivity index (χ3n) is 3.31. The van der Waals surface area contributed by atoms with E-state index in [9.17, 15) is 0 Å². The van der Waals surface area contributed by atoms with Gasteiger partial charge in [0.05, 0.1) is 6.10 Å². The lowest BCUT2D eigenvalue weighted by Gasteiger charge is -2.36. The molecule has 0 aliphatic heterocycles. The predicted octanol–water partition coefficient (Wildman–Crippen LogP) is 4.00. The molecule has 0 heterocycles. The number of nitrogens with one attached hydrogen (secondary N) is 1. The zero-order chi connectivity index (χ0) is 13.3. The maximum atomic E-state index is 5.72. The molecule has 2 nitrogen and oxygen atoms in total. The number of unbranched alkanes of at least 4 members (excludes halogenated alkanes) is 3. The van der Waals surface area contributed by atoms with Crippen LogP contribution in [0.4, 0.5) is 0 Å². The van der Waals surface area contributed by atoms with E-state index < -0.39 is 0 Å². The highest BCUT2D eigenvalue weighted by atomic mass is 16.5. The SMILES string of the molecule is CCCCCCC(NCC)C(OC)C(C)(C)C. The lowest BCUT2D eigenvalue weighted by Crippen LogP contribution is -2.47. The van der Waals surface area contributed by atoms with Gasteiger partial charge in [0, 0.05) is 13.2 Å². The summed E-state index contributed by atoms with van der Waals surface area (Å²) in [5.74, 6) is 0. The van der Waals surface area contributed by atoms with Gasteiger partial charge < -0.3 is 10.1 Å². The Kier molecular flexibility index (Phi) is 8.89. The van der Waals surface area contributed by atoms with Crippen LogP contribution in [0.15, 0.2) is 0 Å². The number of ether oxygens (including phenoxy) is 1. The smallest absolute Gasteiger partial charge is 0.0772 e. The standard InChI is InChI=1S/C15H33NO/c1-7-9-10-11-12-13(16-8-2)14(17-6)15(3,4)5/h13-14,16H,7-12H2,1-6H3. The average molecular weight is 243 g/mol. The topological polar surface area (TPSA) is 21.3 Å². The van der Waals surface area contributed by atoms with Gasteiger partial charge in [0.15, 0.2) is 0 Å². The molecule has 0 rings (SSSR count). The first-order chi connectivity index (χ1) is 7.97. The lowest BCUT2D eigenvalue weighted by molar-refractivity contribution is -0.0133. The van der Waals surface area contributed by atoms with Crippen molar-refractivity contribution in [2.24, 2.45) is 5.41 Å². The summed E-state index contributed by atoms with van der Waals surface area (Å²) in [5, 5.41) is 3.59. The van der Waals surface area contributed by atoms with E-state index in [1.807, 2.05) is 7.11 Å². The van der Waals surface area contributed by atoms with Crippen molar-refractivity contribution in [1.82, 2.24) is 5.32 Å². The number of hydrogen-bond acceptors (Lipinski definition) is 2. The molecule has 0 saturated heterocycles. The van der Waals surface area contributed by atoms with Crippen molar-refractivity contribution in [3.05, 3.63) is 0 Å². The highest BCUT2D eigenvalue weighted by Crippen LogP contribution is 2.26. The first kappa shape index (κ1) is 16.9. The highest BCUT2D eigenvalue weighted by molar-refractivity contribution is 4.85. The highest BCUT2D eigenvalue weighted by Gasteiger charge is 2.31. The second kappa shape index (κ2) is 8.93. The van der Waals surface area contributed by atoms with Crippen molar-refractivity contribution >= 4 is 0 Å². The zero-order valence-corrected chi connectivity index (χ0v) is 12.8. The fourth-order valence-corrected chi connectivity index (χ4v) is 2.54. The molecule has 104 valence electrons. The van der Waals surface area contributed by atoms with Gasteiger partial charge >= 0.3 is 0 Å². The van der Waals surface area contributed by atoms with Gasteiger partial charge in [-0.15, -0.1) is 0 Å². The van der Waals surface area contributed by atoms with Crippen LogP contribution in [0.2, 0.25) is 0 Å². The molecule has 17 heavy (non-hydrogen) atoms. The molecule has 2 unspecified atom stereocenters. The summed E-state index contributed by atoms with van der Waals surface area (Å²) in [7, 11) is 1.84. The molecular weight excluding hydrogens is 210 g/mol. The summed E-state index contributed by atoms with van der Waals surface area (Å²) >= 11 is 0. The third-order valence-corrected chi connectivity index (χ3v) is 3.31. The van der Waals surface area contributed by atoms with Gasteiger partial charge in [-0.05, 0) is 18.4 Å². The van der Waals surface area contributed by atoms with Crippen molar-refractivity contribution in [1.29, 1.82) is 0 Å². The van der Waals surface area contributed by atoms with E-state index in [2.05, 4.69) is 39.9 Å². The fourth-order valence-electron chi connectivity index (χ4n) is 2.54. The Balaban J connectivity index is 4.27. The second-order valence-corrected chi connectivity index (χ2v) is 6.04. The van der Waals surface area contributed by atoms with Crippen LogP contribution in [-0.4, -0.2) is 25.8 Å². The summed E-state index contributed by atoms with van der Waals surface area (Å²) in [6, 6.07) is 0.488. The summed E-state index contributed by atoms with van der Waals surface area (Å²) in [6.45, 7) is 12.2. The van der Waals surface area contributed by atoms with Gasteiger partial charge in [-0.25, -0.2) is 0 Å². The van der Waals surface area contributed by atoms with Crippen molar-refractivity contribution in [2.75, 3.05) is 13.7 Å².